The van der Waals surface area contributed by atoms with Gasteiger partial charge in [0.05, 0.1) is 11.0 Å². The van der Waals surface area contributed by atoms with Crippen molar-refractivity contribution in [1.29, 1.82) is 0 Å². The third kappa shape index (κ3) is 19.2. The largest absolute Gasteiger partial charge is 0.344 e. The van der Waals surface area contributed by atoms with Crippen molar-refractivity contribution in [3.63, 3.8) is 0 Å². The summed E-state index contributed by atoms with van der Waals surface area (Å²) in [6.45, 7) is 28.6. The first-order valence-electron chi connectivity index (χ1n) is 40.3. The SMILES string of the molecule is CC.CC.CC.CC.CC.CC.CC1(C)c2ccccc2-c2ccccc21.Cn1c2ccccc2c2ccccc21.c1ccc(-n2c3ccccc3c3ccccc32)cc1.c1ccc2c(c1)Cc1ccccc1-2.c1ccc2c(c1)ccc1ccccc12.c1ccc2c(c1)ccc1ccccc12.c1ccc2ccccc2c1. The van der Waals surface area contributed by atoms with E-state index in [1.807, 2.05) is 83.1 Å². The monoisotopic (exact) mass is 1450 g/mol. The lowest BCUT2D eigenvalue weighted by molar-refractivity contribution is 0.660. The maximum absolute atomic E-state index is 2.32. The van der Waals surface area contributed by atoms with Gasteiger partial charge in [-0.15, -0.1) is 0 Å². The molecule has 0 bridgehead atoms. The molecular weight excluding hydrogens is 1340 g/mol. The Hall–Kier alpha value is -12.4. The van der Waals surface area contributed by atoms with E-state index in [2.05, 4.69) is 424 Å². The molecule has 2 heterocycles. The predicted molar refractivity (Wildman–Crippen MR) is 495 cm³/mol. The van der Waals surface area contributed by atoms with Gasteiger partial charge in [0, 0.05) is 50.7 Å². The van der Waals surface area contributed by atoms with Crippen molar-refractivity contribution < 1.29 is 0 Å². The molecule has 17 aromatic carbocycles. The van der Waals surface area contributed by atoms with Gasteiger partial charge in [0.1, 0.15) is 0 Å². The molecule has 0 N–H and O–H groups in total. The fourth-order valence-corrected chi connectivity index (χ4v) is 14.7. The van der Waals surface area contributed by atoms with Crippen LogP contribution in [-0.4, -0.2) is 9.13 Å². The fraction of sp³-hybridized carbons (Fsp3) is 0.156. The minimum Gasteiger partial charge on any atom is -0.344 e. The Kier molecular flexibility index (Phi) is 31.6. The van der Waals surface area contributed by atoms with Gasteiger partial charge in [-0.3, -0.25) is 0 Å². The van der Waals surface area contributed by atoms with Crippen molar-refractivity contribution in [1.82, 2.24) is 9.13 Å². The number of rotatable bonds is 1. The normalized spacial score (nSPS) is 10.9. The Morgan fingerprint density at radius 1 is 0.198 bits per heavy atom. The molecule has 2 aliphatic carbocycles. The lowest BCUT2D eigenvalue weighted by Gasteiger charge is -2.20. The van der Waals surface area contributed by atoms with Crippen LogP contribution in [0.25, 0.3) is 125 Å². The van der Waals surface area contributed by atoms with Crippen molar-refractivity contribution in [3.05, 3.63) is 417 Å². The molecule has 0 aliphatic heterocycles. The average molecular weight is 1450 g/mol. The molecule has 111 heavy (non-hydrogen) atoms. The molecular formula is C109H112N2. The van der Waals surface area contributed by atoms with E-state index in [1.54, 1.807) is 0 Å². The average Bonchev–Trinajstić information content (AvgIpc) is 1.61. The van der Waals surface area contributed by atoms with E-state index in [0.717, 1.165) is 6.42 Å². The number of nitrogens with zero attached hydrogens (tertiary/aromatic N) is 2. The summed E-state index contributed by atoms with van der Waals surface area (Å²) in [4.78, 5) is 0. The number of hydrogen-bond donors (Lipinski definition) is 0. The van der Waals surface area contributed by atoms with Gasteiger partial charge in [-0.25, -0.2) is 0 Å². The van der Waals surface area contributed by atoms with Crippen LogP contribution < -0.4 is 0 Å². The van der Waals surface area contributed by atoms with Crippen LogP contribution in [0.4, 0.5) is 0 Å². The maximum atomic E-state index is 2.32. The smallest absolute Gasteiger partial charge is 0.0541 e. The van der Waals surface area contributed by atoms with Crippen molar-refractivity contribution in [2.24, 2.45) is 7.05 Å². The Morgan fingerprint density at radius 2 is 0.423 bits per heavy atom. The molecule has 2 nitrogen and oxygen atoms in total. The summed E-state index contributed by atoms with van der Waals surface area (Å²) in [5.41, 5.74) is 17.9. The van der Waals surface area contributed by atoms with E-state index in [-0.39, 0.29) is 5.41 Å². The summed E-state index contributed by atoms with van der Waals surface area (Å²) in [7, 11) is 2.12. The number of hydrogen-bond acceptors (Lipinski definition) is 0. The molecule has 0 saturated heterocycles. The van der Waals surface area contributed by atoms with Gasteiger partial charge in [0.15, 0.2) is 0 Å². The second kappa shape index (κ2) is 42.4. The van der Waals surface area contributed by atoms with Gasteiger partial charge < -0.3 is 9.13 Å². The number of aryl methyl sites for hydroxylation is 1. The van der Waals surface area contributed by atoms with Gasteiger partial charge in [-0.05, 0) is 141 Å². The third-order valence-corrected chi connectivity index (χ3v) is 19.6. The predicted octanol–water partition coefficient (Wildman–Crippen LogP) is 32.3. The highest BCUT2D eigenvalue weighted by Gasteiger charge is 2.34. The first kappa shape index (κ1) is 82.7. The van der Waals surface area contributed by atoms with Crippen molar-refractivity contribution in [2.45, 2.75) is 109 Å². The van der Waals surface area contributed by atoms with Crippen LogP contribution >= 0.6 is 0 Å². The lowest BCUT2D eigenvalue weighted by atomic mass is 9.82. The van der Waals surface area contributed by atoms with E-state index in [4.69, 9.17) is 0 Å². The van der Waals surface area contributed by atoms with E-state index in [0.29, 0.717) is 0 Å². The zero-order valence-electron chi connectivity index (χ0n) is 68.1. The van der Waals surface area contributed by atoms with E-state index in [1.165, 1.54) is 148 Å². The summed E-state index contributed by atoms with van der Waals surface area (Å²) >= 11 is 0. The lowest BCUT2D eigenvalue weighted by Crippen LogP contribution is -2.14. The summed E-state index contributed by atoms with van der Waals surface area (Å²) in [5, 5.41) is 18.5. The fourth-order valence-electron chi connectivity index (χ4n) is 14.7. The van der Waals surface area contributed by atoms with Gasteiger partial charge in [-0.2, -0.15) is 0 Å². The maximum Gasteiger partial charge on any atom is 0.0541 e. The third-order valence-electron chi connectivity index (χ3n) is 19.6. The quantitative estimate of drug-likeness (QED) is 0.145. The Balaban J connectivity index is 0.000000146. The molecule has 0 amide bonds. The van der Waals surface area contributed by atoms with Crippen molar-refractivity contribution >= 4 is 97.5 Å². The van der Waals surface area contributed by atoms with Gasteiger partial charge in [0.25, 0.3) is 0 Å². The molecule has 2 aromatic heterocycles. The van der Waals surface area contributed by atoms with Crippen LogP contribution in [0.2, 0.25) is 0 Å². The molecule has 0 unspecified atom stereocenters. The minimum absolute atomic E-state index is 0.160. The van der Waals surface area contributed by atoms with Crippen LogP contribution in [-0.2, 0) is 18.9 Å². The highest BCUT2D eigenvalue weighted by Crippen LogP contribution is 2.48. The van der Waals surface area contributed by atoms with Crippen LogP contribution in [0, 0.1) is 0 Å². The first-order chi connectivity index (χ1) is 54.9. The molecule has 2 heteroatoms. The van der Waals surface area contributed by atoms with Crippen molar-refractivity contribution in [3.8, 4) is 27.9 Å². The van der Waals surface area contributed by atoms with Gasteiger partial charge >= 0.3 is 0 Å². The second-order valence-corrected chi connectivity index (χ2v) is 25.9. The van der Waals surface area contributed by atoms with Crippen LogP contribution in [0.1, 0.15) is 119 Å². The molecule has 0 spiro atoms. The van der Waals surface area contributed by atoms with Crippen LogP contribution in [0.5, 0.6) is 0 Å². The highest BCUT2D eigenvalue weighted by molar-refractivity contribution is 6.11. The standard InChI is InChI=1S/C18H13N.C15H14.2C14H10.C13H11N.C13H10.C10H8.6C2H6/c1-2-8-14(9-3-1)19-17-12-6-4-10-15(17)16-11-5-7-13-18(16)19;1-15(2)13-9-5-3-7-11(13)12-8-4-6-10-14(12)15;2*1-3-7-13-11(5-1)9-10-12-6-2-4-8-14(12)13;1-14-12-8-4-2-6-10(12)11-7-3-5-9-13(11)14;1-3-7-12-10(5-1)9-11-6-2-4-8-13(11)12;1-2-6-10-8-4-3-7-9(10)5-1;6*1-2/h1-13H;3-10H,1-2H3;2*1-10H;2-9H,1H3;1-8H,9H2;1-8H;6*1-2H3. The number of aromatic nitrogens is 2. The molecule has 2 aliphatic rings. The van der Waals surface area contributed by atoms with Crippen LogP contribution in [0.3, 0.4) is 0 Å². The van der Waals surface area contributed by atoms with Crippen LogP contribution in [0.15, 0.2) is 394 Å². The molecule has 0 fully saturated rings. The zero-order chi connectivity index (χ0) is 78.9. The second-order valence-electron chi connectivity index (χ2n) is 25.9. The summed E-state index contributed by atoms with van der Waals surface area (Å²) in [6, 6.07) is 139. The number of benzene rings is 17. The van der Waals surface area contributed by atoms with E-state index in [9.17, 15) is 0 Å². The molecule has 19 aromatic rings. The van der Waals surface area contributed by atoms with Gasteiger partial charge in [-0.1, -0.05) is 455 Å². The Morgan fingerprint density at radius 3 is 0.748 bits per heavy atom. The molecule has 21 rings (SSSR count). The summed E-state index contributed by atoms with van der Waals surface area (Å²) in [6.07, 6.45) is 1.10. The van der Waals surface area contributed by atoms with E-state index < -0.39 is 0 Å². The summed E-state index contributed by atoms with van der Waals surface area (Å²) in [5.74, 6) is 0. The number of fused-ring (bicyclic) bond motifs is 19. The molecule has 0 saturated carbocycles. The molecule has 0 radical (unpaired) electrons. The number of para-hydroxylation sites is 5. The zero-order valence-corrected chi connectivity index (χ0v) is 68.1. The minimum atomic E-state index is 0.160. The van der Waals surface area contributed by atoms with Crippen molar-refractivity contribution in [2.75, 3.05) is 0 Å². The summed E-state index contributed by atoms with van der Waals surface area (Å²) < 4.78 is 4.56. The van der Waals surface area contributed by atoms with Gasteiger partial charge in [0.2, 0.25) is 0 Å². The topological polar surface area (TPSA) is 9.86 Å². The molecule has 0 atom stereocenters. The van der Waals surface area contributed by atoms with E-state index >= 15 is 0 Å². The molecule has 558 valence electrons. The Bertz CT molecular complexity index is 5540. The first-order valence-corrected chi connectivity index (χ1v) is 40.3. The highest BCUT2D eigenvalue weighted by atomic mass is 15.0. The Labute approximate surface area is 662 Å².